The quantitative estimate of drug-likeness (QED) is 0.647. The molecule has 0 saturated heterocycles. The molecule has 0 unspecified atom stereocenters. The maximum Gasteiger partial charge on any atom is 0.307 e. The van der Waals surface area contributed by atoms with E-state index in [-0.39, 0.29) is 18.3 Å². The molecule has 0 aliphatic heterocycles. The number of nitrogens with zero attached hydrogens (tertiary/aromatic N) is 2. The van der Waals surface area contributed by atoms with Gasteiger partial charge < -0.3 is 10.1 Å². The van der Waals surface area contributed by atoms with E-state index in [4.69, 9.17) is 11.6 Å². The van der Waals surface area contributed by atoms with E-state index in [1.54, 1.807) is 0 Å². The average Bonchev–Trinajstić information content (AvgIpc) is 2.28. The number of ether oxygens (including phenoxy) is 1. The molecule has 1 aromatic heterocycles. The van der Waals surface area contributed by atoms with Gasteiger partial charge in [0.25, 0.3) is 0 Å². The Labute approximate surface area is 106 Å². The smallest absolute Gasteiger partial charge is 0.307 e. The van der Waals surface area contributed by atoms with Gasteiger partial charge in [-0.15, -0.1) is 0 Å². The molecule has 17 heavy (non-hydrogen) atoms. The van der Waals surface area contributed by atoms with E-state index < -0.39 is 0 Å². The van der Waals surface area contributed by atoms with Crippen LogP contribution in [0.15, 0.2) is 6.33 Å². The molecule has 0 fully saturated rings. The molecular formula is C11H16ClN3O2. The summed E-state index contributed by atoms with van der Waals surface area (Å²) in [5, 5.41) is 3.50. The third kappa shape index (κ3) is 3.85. The van der Waals surface area contributed by atoms with E-state index in [9.17, 15) is 4.79 Å². The molecule has 0 aliphatic rings. The topological polar surface area (TPSA) is 64.1 Å². The van der Waals surface area contributed by atoms with E-state index in [0.717, 1.165) is 5.56 Å². The minimum absolute atomic E-state index is 0.212. The molecule has 0 bridgehead atoms. The van der Waals surface area contributed by atoms with Gasteiger partial charge in [-0.2, -0.15) is 0 Å². The monoisotopic (exact) mass is 257 g/mol. The lowest BCUT2D eigenvalue weighted by Crippen LogP contribution is -2.12. The van der Waals surface area contributed by atoms with Crippen LogP contribution in [-0.4, -0.2) is 29.6 Å². The van der Waals surface area contributed by atoms with Crippen molar-refractivity contribution in [2.45, 2.75) is 26.2 Å². The first-order valence-electron chi connectivity index (χ1n) is 5.37. The molecular weight excluding hydrogens is 242 g/mol. The molecule has 1 aromatic rings. The van der Waals surface area contributed by atoms with Crippen molar-refractivity contribution in [1.82, 2.24) is 9.97 Å². The van der Waals surface area contributed by atoms with Crippen LogP contribution in [0.3, 0.4) is 0 Å². The summed E-state index contributed by atoms with van der Waals surface area (Å²) in [4.78, 5) is 19.0. The van der Waals surface area contributed by atoms with Crippen molar-refractivity contribution in [2.75, 3.05) is 19.0 Å². The van der Waals surface area contributed by atoms with Crippen LogP contribution in [0.4, 0.5) is 5.82 Å². The highest BCUT2D eigenvalue weighted by molar-refractivity contribution is 6.30. The van der Waals surface area contributed by atoms with E-state index in [1.807, 2.05) is 13.8 Å². The van der Waals surface area contributed by atoms with Gasteiger partial charge in [-0.25, -0.2) is 9.97 Å². The van der Waals surface area contributed by atoms with E-state index in [0.29, 0.717) is 17.5 Å². The van der Waals surface area contributed by atoms with Crippen molar-refractivity contribution in [3.8, 4) is 0 Å². The highest BCUT2D eigenvalue weighted by Crippen LogP contribution is 2.27. The Balaban J connectivity index is 2.70. The highest BCUT2D eigenvalue weighted by atomic mass is 35.5. The molecule has 5 nitrogen and oxygen atoms in total. The number of carbonyl (C=O) groups is 1. The minimum Gasteiger partial charge on any atom is -0.469 e. The van der Waals surface area contributed by atoms with Gasteiger partial charge in [0.2, 0.25) is 0 Å². The van der Waals surface area contributed by atoms with Gasteiger partial charge in [-0.3, -0.25) is 4.79 Å². The number of aromatic nitrogens is 2. The number of halogens is 1. The molecule has 6 heteroatoms. The fourth-order valence-corrected chi connectivity index (χ4v) is 1.76. The first kappa shape index (κ1) is 13.7. The zero-order valence-electron chi connectivity index (χ0n) is 10.2. The standard InChI is InChI=1S/C11H16ClN3O2/c1-7(2)9-10(12)14-6-15-11(9)13-5-4-8(16)17-3/h6-7H,4-5H2,1-3H3,(H,13,14,15). The number of anilines is 1. The lowest BCUT2D eigenvalue weighted by Gasteiger charge is -2.13. The third-order valence-corrected chi connectivity index (χ3v) is 2.56. The van der Waals surface area contributed by atoms with Crippen LogP contribution in [0, 0.1) is 0 Å². The summed E-state index contributed by atoms with van der Waals surface area (Å²) in [7, 11) is 1.36. The van der Waals surface area contributed by atoms with Gasteiger partial charge >= 0.3 is 5.97 Å². The zero-order valence-corrected chi connectivity index (χ0v) is 10.9. The van der Waals surface area contributed by atoms with Crippen LogP contribution >= 0.6 is 11.6 Å². The summed E-state index contributed by atoms with van der Waals surface area (Å²) in [6, 6.07) is 0. The Morgan fingerprint density at radius 2 is 2.24 bits per heavy atom. The fraction of sp³-hybridized carbons (Fsp3) is 0.545. The Bertz CT molecular complexity index is 396. The summed E-state index contributed by atoms with van der Waals surface area (Å²) in [5.74, 6) is 0.622. The summed E-state index contributed by atoms with van der Waals surface area (Å²) in [6.07, 6.45) is 1.68. The summed E-state index contributed by atoms with van der Waals surface area (Å²) in [6.45, 7) is 4.48. The molecule has 1 N–H and O–H groups in total. The summed E-state index contributed by atoms with van der Waals surface area (Å²) >= 11 is 6.01. The lowest BCUT2D eigenvalue weighted by molar-refractivity contribution is -0.140. The van der Waals surface area contributed by atoms with Crippen LogP contribution in [0.1, 0.15) is 31.7 Å². The second-order valence-electron chi connectivity index (χ2n) is 3.83. The minimum atomic E-state index is -0.260. The van der Waals surface area contributed by atoms with Crippen LogP contribution < -0.4 is 5.32 Å². The fourth-order valence-electron chi connectivity index (χ4n) is 1.41. The number of carbonyl (C=O) groups excluding carboxylic acids is 1. The van der Waals surface area contributed by atoms with Crippen LogP contribution in [0.25, 0.3) is 0 Å². The lowest BCUT2D eigenvalue weighted by atomic mass is 10.1. The van der Waals surface area contributed by atoms with Crippen molar-refractivity contribution < 1.29 is 9.53 Å². The van der Waals surface area contributed by atoms with Crippen molar-refractivity contribution in [2.24, 2.45) is 0 Å². The maximum atomic E-state index is 11.0. The Hall–Kier alpha value is -1.36. The highest BCUT2D eigenvalue weighted by Gasteiger charge is 2.13. The molecule has 0 atom stereocenters. The molecule has 0 aliphatic carbocycles. The van der Waals surface area contributed by atoms with Crippen molar-refractivity contribution in [3.05, 3.63) is 17.0 Å². The molecule has 0 amide bonds. The van der Waals surface area contributed by atoms with Gasteiger partial charge in [-0.1, -0.05) is 25.4 Å². The maximum absolute atomic E-state index is 11.0. The molecule has 1 rings (SSSR count). The average molecular weight is 258 g/mol. The van der Waals surface area contributed by atoms with Gasteiger partial charge in [0.05, 0.1) is 13.5 Å². The van der Waals surface area contributed by atoms with Crippen LogP contribution in [0.5, 0.6) is 0 Å². The number of nitrogens with one attached hydrogen (secondary N) is 1. The van der Waals surface area contributed by atoms with E-state index >= 15 is 0 Å². The largest absolute Gasteiger partial charge is 0.469 e. The van der Waals surface area contributed by atoms with Crippen molar-refractivity contribution in [1.29, 1.82) is 0 Å². The van der Waals surface area contributed by atoms with Crippen LogP contribution in [-0.2, 0) is 9.53 Å². The number of rotatable bonds is 5. The Morgan fingerprint density at radius 1 is 1.53 bits per heavy atom. The summed E-state index contributed by atoms with van der Waals surface area (Å²) < 4.78 is 4.55. The van der Waals surface area contributed by atoms with Crippen LogP contribution in [0.2, 0.25) is 5.15 Å². The number of hydrogen-bond acceptors (Lipinski definition) is 5. The van der Waals surface area contributed by atoms with E-state index in [1.165, 1.54) is 13.4 Å². The zero-order chi connectivity index (χ0) is 12.8. The van der Waals surface area contributed by atoms with Gasteiger partial charge in [0.1, 0.15) is 17.3 Å². The van der Waals surface area contributed by atoms with Crippen molar-refractivity contribution >= 4 is 23.4 Å². The predicted octanol–water partition coefficient (Wildman–Crippen LogP) is 2.23. The second-order valence-corrected chi connectivity index (χ2v) is 4.19. The van der Waals surface area contributed by atoms with Crippen molar-refractivity contribution in [3.63, 3.8) is 0 Å². The number of methoxy groups -OCH3 is 1. The summed E-state index contributed by atoms with van der Waals surface area (Å²) in [5.41, 5.74) is 0.860. The normalized spacial score (nSPS) is 10.4. The van der Waals surface area contributed by atoms with Gasteiger partial charge in [-0.05, 0) is 5.92 Å². The van der Waals surface area contributed by atoms with Gasteiger partial charge in [0, 0.05) is 12.1 Å². The molecule has 1 heterocycles. The Morgan fingerprint density at radius 3 is 2.82 bits per heavy atom. The van der Waals surface area contributed by atoms with Gasteiger partial charge in [0.15, 0.2) is 0 Å². The first-order chi connectivity index (χ1) is 8.06. The number of hydrogen-bond donors (Lipinski definition) is 1. The molecule has 0 aromatic carbocycles. The molecule has 0 radical (unpaired) electrons. The second kappa shape index (κ2) is 6.39. The Kier molecular flexibility index (Phi) is 5.15. The SMILES string of the molecule is COC(=O)CCNc1ncnc(Cl)c1C(C)C. The molecule has 0 saturated carbocycles. The molecule has 0 spiro atoms. The first-order valence-corrected chi connectivity index (χ1v) is 5.75. The number of esters is 1. The third-order valence-electron chi connectivity index (χ3n) is 2.26. The molecule has 94 valence electrons. The van der Waals surface area contributed by atoms with E-state index in [2.05, 4.69) is 20.0 Å². The predicted molar refractivity (Wildman–Crippen MR) is 66.3 cm³/mol.